The fourth-order valence-electron chi connectivity index (χ4n) is 2.39. The molecule has 0 radical (unpaired) electrons. The molecule has 1 atom stereocenters. The zero-order valence-corrected chi connectivity index (χ0v) is 17.9. The molecule has 0 aliphatic carbocycles. The molecule has 0 aliphatic heterocycles. The Labute approximate surface area is 171 Å². The number of amides is 1. The lowest BCUT2D eigenvalue weighted by atomic mass is 10.1. The number of nitrogens with one attached hydrogen (secondary N) is 1. The third kappa shape index (κ3) is 5.39. The predicted octanol–water partition coefficient (Wildman–Crippen LogP) is 3.70. The summed E-state index contributed by atoms with van der Waals surface area (Å²) in [6, 6.07) is 12.3. The zero-order valence-electron chi connectivity index (χ0n) is 16.3. The highest BCUT2D eigenvalue weighted by Gasteiger charge is 2.28. The Hall–Kier alpha value is -2.25. The number of nitrogens with zero attached hydrogens (tertiary/aromatic N) is 1. The van der Waals surface area contributed by atoms with Gasteiger partial charge in [-0.1, -0.05) is 25.4 Å². The van der Waals surface area contributed by atoms with Gasteiger partial charge in [0.05, 0.1) is 17.7 Å². The van der Waals surface area contributed by atoms with Gasteiger partial charge in [0.25, 0.3) is 10.0 Å². The third-order valence-corrected chi connectivity index (χ3v) is 6.48. The molecule has 2 rings (SSSR count). The number of benzene rings is 2. The molecular formula is C20H25ClN2O4S. The number of ether oxygens (including phenoxy) is 1. The number of anilines is 1. The van der Waals surface area contributed by atoms with Crippen LogP contribution in [-0.2, 0) is 14.8 Å². The van der Waals surface area contributed by atoms with Gasteiger partial charge in [-0.05, 0) is 61.4 Å². The lowest BCUT2D eigenvalue weighted by Gasteiger charge is -2.26. The van der Waals surface area contributed by atoms with Crippen LogP contribution in [0.25, 0.3) is 0 Å². The van der Waals surface area contributed by atoms with Gasteiger partial charge in [-0.25, -0.2) is 8.42 Å². The van der Waals surface area contributed by atoms with Gasteiger partial charge in [0.2, 0.25) is 5.91 Å². The van der Waals surface area contributed by atoms with Crippen LogP contribution in [0.3, 0.4) is 0 Å². The van der Waals surface area contributed by atoms with Gasteiger partial charge in [0, 0.05) is 11.1 Å². The van der Waals surface area contributed by atoms with Gasteiger partial charge in [-0.3, -0.25) is 9.10 Å². The Kier molecular flexibility index (Phi) is 7.32. The molecule has 2 aromatic rings. The van der Waals surface area contributed by atoms with E-state index >= 15 is 0 Å². The van der Waals surface area contributed by atoms with Crippen LogP contribution in [0, 0.1) is 5.92 Å². The van der Waals surface area contributed by atoms with Crippen molar-refractivity contribution in [3.8, 4) is 5.75 Å². The van der Waals surface area contributed by atoms with Gasteiger partial charge < -0.3 is 10.1 Å². The van der Waals surface area contributed by atoms with E-state index < -0.39 is 10.0 Å². The first-order chi connectivity index (χ1) is 13.1. The smallest absolute Gasteiger partial charge is 0.264 e. The molecule has 0 bridgehead atoms. The first-order valence-corrected chi connectivity index (χ1v) is 10.7. The minimum atomic E-state index is -3.97. The van der Waals surface area contributed by atoms with Crippen molar-refractivity contribution in [3.05, 3.63) is 53.6 Å². The van der Waals surface area contributed by atoms with Gasteiger partial charge in [-0.15, -0.1) is 0 Å². The van der Waals surface area contributed by atoms with Crippen molar-refractivity contribution in [2.75, 3.05) is 18.0 Å². The molecule has 0 heterocycles. The summed E-state index contributed by atoms with van der Waals surface area (Å²) in [6.45, 7) is 5.51. The van der Waals surface area contributed by atoms with E-state index in [1.165, 1.54) is 19.2 Å². The summed E-state index contributed by atoms with van der Waals surface area (Å²) in [5, 5.41) is 3.32. The van der Waals surface area contributed by atoms with Crippen molar-refractivity contribution in [1.82, 2.24) is 5.32 Å². The van der Waals surface area contributed by atoms with E-state index in [4.69, 9.17) is 16.3 Å². The van der Waals surface area contributed by atoms with Crippen molar-refractivity contribution in [1.29, 1.82) is 0 Å². The van der Waals surface area contributed by atoms with E-state index in [0.29, 0.717) is 16.5 Å². The fraction of sp³-hybridized carbons (Fsp3) is 0.350. The van der Waals surface area contributed by atoms with Crippen molar-refractivity contribution >= 4 is 33.2 Å². The van der Waals surface area contributed by atoms with Gasteiger partial charge in [-0.2, -0.15) is 0 Å². The van der Waals surface area contributed by atoms with E-state index in [9.17, 15) is 13.2 Å². The van der Waals surface area contributed by atoms with E-state index in [2.05, 4.69) is 5.32 Å². The highest BCUT2D eigenvalue weighted by Crippen LogP contribution is 2.26. The number of sulfonamides is 1. The van der Waals surface area contributed by atoms with Crippen molar-refractivity contribution in [3.63, 3.8) is 0 Å². The van der Waals surface area contributed by atoms with E-state index in [1.54, 1.807) is 36.4 Å². The van der Waals surface area contributed by atoms with Crippen LogP contribution >= 0.6 is 11.6 Å². The van der Waals surface area contributed by atoms with E-state index in [1.807, 2.05) is 20.8 Å². The molecule has 1 N–H and O–H groups in total. The monoisotopic (exact) mass is 424 g/mol. The standard InChI is InChI=1S/C20H25ClN2O4S/c1-14(2)15(3)22-20(24)13-23(17-7-5-16(21)6-8-17)28(25,26)19-11-9-18(27-4)10-12-19/h5-12,14-15H,13H2,1-4H3,(H,22,24)/t15-/m1/s1. The van der Waals surface area contributed by atoms with Crippen molar-refractivity contribution in [2.45, 2.75) is 31.7 Å². The maximum Gasteiger partial charge on any atom is 0.264 e. The zero-order chi connectivity index (χ0) is 20.9. The molecule has 0 spiro atoms. The number of hydrogen-bond acceptors (Lipinski definition) is 4. The van der Waals surface area contributed by atoms with Crippen LogP contribution in [-0.4, -0.2) is 34.0 Å². The second-order valence-electron chi connectivity index (χ2n) is 6.76. The van der Waals surface area contributed by atoms with Gasteiger partial charge in [0.1, 0.15) is 12.3 Å². The van der Waals surface area contributed by atoms with E-state index in [-0.39, 0.29) is 29.3 Å². The molecular weight excluding hydrogens is 400 g/mol. The Morgan fingerprint density at radius 1 is 1.07 bits per heavy atom. The van der Waals surface area contributed by atoms with Gasteiger partial charge in [0.15, 0.2) is 0 Å². The average molecular weight is 425 g/mol. The number of hydrogen-bond donors (Lipinski definition) is 1. The second kappa shape index (κ2) is 9.30. The molecule has 1 amide bonds. The summed E-state index contributed by atoms with van der Waals surface area (Å²) in [5.41, 5.74) is 0.354. The normalized spacial score (nSPS) is 12.5. The Bertz CT molecular complexity index is 897. The second-order valence-corrected chi connectivity index (χ2v) is 9.06. The number of rotatable bonds is 8. The highest BCUT2D eigenvalue weighted by molar-refractivity contribution is 7.92. The third-order valence-electron chi connectivity index (χ3n) is 4.44. The fourth-order valence-corrected chi connectivity index (χ4v) is 3.94. The molecule has 6 nitrogen and oxygen atoms in total. The summed E-state index contributed by atoms with van der Waals surface area (Å²) in [7, 11) is -2.47. The molecule has 2 aromatic carbocycles. The summed E-state index contributed by atoms with van der Waals surface area (Å²) < 4.78 is 32.6. The number of halogens is 1. The van der Waals surface area contributed by atoms with Crippen LogP contribution in [0.5, 0.6) is 5.75 Å². The largest absolute Gasteiger partial charge is 0.497 e. The van der Waals surface area contributed by atoms with Crippen LogP contribution in [0.2, 0.25) is 5.02 Å². The molecule has 0 aromatic heterocycles. The molecule has 0 saturated heterocycles. The molecule has 152 valence electrons. The number of methoxy groups -OCH3 is 1. The summed E-state index contributed by atoms with van der Waals surface area (Å²) >= 11 is 5.93. The lowest BCUT2D eigenvalue weighted by Crippen LogP contribution is -2.45. The highest BCUT2D eigenvalue weighted by atomic mass is 35.5. The maximum atomic E-state index is 13.2. The number of carbonyl (C=O) groups excluding carboxylic acids is 1. The topological polar surface area (TPSA) is 75.7 Å². The molecule has 8 heteroatoms. The minimum Gasteiger partial charge on any atom is -0.497 e. The molecule has 28 heavy (non-hydrogen) atoms. The van der Waals surface area contributed by atoms with Crippen molar-refractivity contribution in [2.24, 2.45) is 5.92 Å². The summed E-state index contributed by atoms with van der Waals surface area (Å²) in [5.74, 6) is 0.389. The van der Waals surface area contributed by atoms with Crippen LogP contribution in [0.15, 0.2) is 53.4 Å². The van der Waals surface area contributed by atoms with E-state index in [0.717, 1.165) is 4.31 Å². The average Bonchev–Trinajstić information content (AvgIpc) is 2.66. The molecule has 0 fully saturated rings. The first kappa shape index (κ1) is 22.0. The van der Waals surface area contributed by atoms with Crippen LogP contribution in [0.1, 0.15) is 20.8 Å². The lowest BCUT2D eigenvalue weighted by molar-refractivity contribution is -0.120. The Morgan fingerprint density at radius 3 is 2.14 bits per heavy atom. The van der Waals surface area contributed by atoms with Gasteiger partial charge >= 0.3 is 0 Å². The molecule has 0 saturated carbocycles. The first-order valence-electron chi connectivity index (χ1n) is 8.87. The maximum absolute atomic E-state index is 13.2. The Morgan fingerprint density at radius 2 is 1.64 bits per heavy atom. The summed E-state index contributed by atoms with van der Waals surface area (Å²) in [6.07, 6.45) is 0. The molecule has 0 unspecified atom stereocenters. The van der Waals surface area contributed by atoms with Crippen LogP contribution in [0.4, 0.5) is 5.69 Å². The summed E-state index contributed by atoms with van der Waals surface area (Å²) in [4.78, 5) is 12.6. The SMILES string of the molecule is COc1ccc(S(=O)(=O)N(CC(=O)N[C@H](C)C(C)C)c2ccc(Cl)cc2)cc1. The molecule has 0 aliphatic rings. The predicted molar refractivity (Wildman–Crippen MR) is 111 cm³/mol. The van der Waals surface area contributed by atoms with Crippen molar-refractivity contribution < 1.29 is 17.9 Å². The van der Waals surface area contributed by atoms with Crippen LogP contribution < -0.4 is 14.4 Å². The number of carbonyl (C=O) groups is 1. The quantitative estimate of drug-likeness (QED) is 0.700. The minimum absolute atomic E-state index is 0.0629. The Balaban J connectivity index is 2.39.